The van der Waals surface area contributed by atoms with Crippen molar-refractivity contribution in [3.05, 3.63) is 88.7 Å². The number of nitrogens with zero attached hydrogens (tertiary/aromatic N) is 3. The van der Waals surface area contributed by atoms with Crippen LogP contribution in [0.15, 0.2) is 60.9 Å². The van der Waals surface area contributed by atoms with E-state index in [9.17, 15) is 0 Å². The van der Waals surface area contributed by atoms with E-state index in [-0.39, 0.29) is 0 Å². The van der Waals surface area contributed by atoms with Crippen LogP contribution < -0.4 is 9.64 Å². The van der Waals surface area contributed by atoms with Crippen molar-refractivity contribution in [2.45, 2.75) is 39.2 Å². The largest absolute Gasteiger partial charge is 0.495 e. The first-order valence-corrected chi connectivity index (χ1v) is 12.1. The average Bonchev–Trinajstić information content (AvgIpc) is 3.39. The SMILES string of the molecule is COc1cccc2c1N(CCCn1cnc3cc(C)c(C)cc31)C[C@@H]1Cc3ccccc3[C@H]21. The van der Waals surface area contributed by atoms with Crippen molar-refractivity contribution in [1.29, 1.82) is 0 Å². The molecule has 0 radical (unpaired) electrons. The van der Waals surface area contributed by atoms with Crippen LogP contribution in [-0.2, 0) is 13.0 Å². The third-order valence-electron chi connectivity index (χ3n) is 7.76. The number of benzene rings is 3. The van der Waals surface area contributed by atoms with Crippen molar-refractivity contribution in [2.24, 2.45) is 5.92 Å². The van der Waals surface area contributed by atoms with E-state index in [4.69, 9.17) is 4.74 Å². The second-order valence-corrected chi connectivity index (χ2v) is 9.70. The van der Waals surface area contributed by atoms with Gasteiger partial charge in [0.2, 0.25) is 0 Å². The number of hydrogen-bond donors (Lipinski definition) is 0. The summed E-state index contributed by atoms with van der Waals surface area (Å²) in [5.41, 5.74) is 10.7. The Morgan fingerprint density at radius 2 is 1.79 bits per heavy atom. The third kappa shape index (κ3) is 3.31. The summed E-state index contributed by atoms with van der Waals surface area (Å²) in [7, 11) is 1.80. The lowest BCUT2D eigenvalue weighted by Crippen LogP contribution is -2.38. The minimum atomic E-state index is 0.478. The fourth-order valence-corrected chi connectivity index (χ4v) is 6.06. The average molecular weight is 438 g/mol. The van der Waals surface area contributed by atoms with Gasteiger partial charge < -0.3 is 14.2 Å². The van der Waals surface area contributed by atoms with Crippen LogP contribution in [0.4, 0.5) is 5.69 Å². The predicted molar refractivity (Wildman–Crippen MR) is 135 cm³/mol. The number of ether oxygens (including phenoxy) is 1. The standard InChI is InChI=1S/C29H31N3O/c1-19-14-25-26(15-20(19)2)32(18-30-25)13-7-12-31-17-22-16-21-8-4-5-9-23(21)28(22)24-10-6-11-27(33-3)29(24)31/h4-6,8-11,14-15,18,22,28H,7,12-13,16-17H2,1-3H3/t22-,28+/m0/s1. The van der Waals surface area contributed by atoms with Gasteiger partial charge in [-0.25, -0.2) is 4.98 Å². The molecule has 0 unspecified atom stereocenters. The summed E-state index contributed by atoms with van der Waals surface area (Å²) in [6.07, 6.45) is 4.23. The summed E-state index contributed by atoms with van der Waals surface area (Å²) in [6.45, 7) is 7.39. The normalized spacial score (nSPS) is 18.8. The molecule has 0 amide bonds. The van der Waals surface area contributed by atoms with Gasteiger partial charge in [-0.1, -0.05) is 36.4 Å². The van der Waals surface area contributed by atoms with Crippen LogP contribution in [0.2, 0.25) is 0 Å². The van der Waals surface area contributed by atoms with Gasteiger partial charge in [-0.2, -0.15) is 0 Å². The Hall–Kier alpha value is -3.27. The second kappa shape index (κ2) is 7.95. The van der Waals surface area contributed by atoms with Gasteiger partial charge in [-0.15, -0.1) is 0 Å². The van der Waals surface area contributed by atoms with Crippen LogP contribution in [0.3, 0.4) is 0 Å². The van der Waals surface area contributed by atoms with E-state index in [0.29, 0.717) is 11.8 Å². The molecule has 6 rings (SSSR count). The van der Waals surface area contributed by atoms with E-state index in [2.05, 4.69) is 82.9 Å². The zero-order valence-electron chi connectivity index (χ0n) is 19.7. The number of aromatic nitrogens is 2. The number of rotatable bonds is 5. The monoisotopic (exact) mass is 437 g/mol. The highest BCUT2D eigenvalue weighted by molar-refractivity contribution is 5.77. The minimum Gasteiger partial charge on any atom is -0.495 e. The number of methoxy groups -OCH3 is 1. The number of imidazole rings is 1. The summed E-state index contributed by atoms with van der Waals surface area (Å²) >= 11 is 0. The van der Waals surface area contributed by atoms with Gasteiger partial charge >= 0.3 is 0 Å². The maximum Gasteiger partial charge on any atom is 0.142 e. The molecule has 0 N–H and O–H groups in total. The van der Waals surface area contributed by atoms with Gasteiger partial charge in [0, 0.05) is 25.6 Å². The molecule has 0 spiro atoms. The van der Waals surface area contributed by atoms with Crippen molar-refractivity contribution in [1.82, 2.24) is 9.55 Å². The first-order chi connectivity index (χ1) is 16.1. The summed E-state index contributed by atoms with van der Waals surface area (Å²) in [4.78, 5) is 7.22. The molecule has 2 aliphatic rings. The van der Waals surface area contributed by atoms with Gasteiger partial charge in [0.15, 0.2) is 0 Å². The van der Waals surface area contributed by atoms with Gasteiger partial charge in [0.1, 0.15) is 5.75 Å². The zero-order chi connectivity index (χ0) is 22.5. The van der Waals surface area contributed by atoms with E-state index >= 15 is 0 Å². The topological polar surface area (TPSA) is 30.3 Å². The van der Waals surface area contributed by atoms with E-state index in [0.717, 1.165) is 37.3 Å². The van der Waals surface area contributed by atoms with Gasteiger partial charge in [0.25, 0.3) is 0 Å². The first kappa shape index (κ1) is 20.3. The van der Waals surface area contributed by atoms with Crippen LogP contribution >= 0.6 is 0 Å². The highest BCUT2D eigenvalue weighted by Crippen LogP contribution is 2.51. The quantitative estimate of drug-likeness (QED) is 0.391. The molecule has 2 atom stereocenters. The number of para-hydroxylation sites is 1. The Balaban J connectivity index is 1.28. The number of fused-ring (bicyclic) bond motifs is 6. The zero-order valence-corrected chi connectivity index (χ0v) is 19.7. The van der Waals surface area contributed by atoms with Gasteiger partial charge in [-0.3, -0.25) is 0 Å². The molecule has 2 heterocycles. The Morgan fingerprint density at radius 3 is 2.67 bits per heavy atom. The third-order valence-corrected chi connectivity index (χ3v) is 7.76. The molecule has 33 heavy (non-hydrogen) atoms. The molecule has 0 fully saturated rings. The molecular formula is C29H31N3O. The molecule has 4 heteroatoms. The van der Waals surface area contributed by atoms with Crippen molar-refractivity contribution in [3.8, 4) is 5.75 Å². The van der Waals surface area contributed by atoms with Crippen molar-refractivity contribution < 1.29 is 4.74 Å². The van der Waals surface area contributed by atoms with Crippen molar-refractivity contribution in [2.75, 3.05) is 25.1 Å². The molecule has 4 nitrogen and oxygen atoms in total. The predicted octanol–water partition coefficient (Wildman–Crippen LogP) is 5.88. The van der Waals surface area contributed by atoms with E-state index in [1.165, 1.54) is 45.4 Å². The van der Waals surface area contributed by atoms with Crippen molar-refractivity contribution >= 4 is 16.7 Å². The molecule has 168 valence electrons. The van der Waals surface area contributed by atoms with Crippen LogP contribution in [-0.4, -0.2) is 29.8 Å². The Kier molecular flexibility index (Phi) is 4.90. The summed E-state index contributed by atoms with van der Waals surface area (Å²) in [5, 5.41) is 0. The van der Waals surface area contributed by atoms with E-state index in [1.54, 1.807) is 7.11 Å². The van der Waals surface area contributed by atoms with Crippen LogP contribution in [0.25, 0.3) is 11.0 Å². The number of aryl methyl sites for hydroxylation is 3. The Labute approximate surface area is 195 Å². The lowest BCUT2D eigenvalue weighted by Gasteiger charge is -2.39. The van der Waals surface area contributed by atoms with Crippen LogP contribution in [0.1, 0.15) is 40.2 Å². The minimum absolute atomic E-state index is 0.478. The molecule has 4 aromatic rings. The summed E-state index contributed by atoms with van der Waals surface area (Å²) in [6, 6.07) is 20.1. The molecule has 1 aliphatic heterocycles. The molecule has 3 aromatic carbocycles. The fraction of sp³-hybridized carbons (Fsp3) is 0.345. The Morgan fingerprint density at radius 1 is 0.970 bits per heavy atom. The van der Waals surface area contributed by atoms with Crippen molar-refractivity contribution in [3.63, 3.8) is 0 Å². The maximum absolute atomic E-state index is 5.86. The van der Waals surface area contributed by atoms with E-state index < -0.39 is 0 Å². The molecule has 0 saturated heterocycles. The lowest BCUT2D eigenvalue weighted by molar-refractivity contribution is 0.402. The fourth-order valence-electron chi connectivity index (χ4n) is 6.06. The number of hydrogen-bond acceptors (Lipinski definition) is 3. The van der Waals surface area contributed by atoms with Crippen LogP contribution in [0.5, 0.6) is 5.75 Å². The molecule has 1 aliphatic carbocycles. The highest BCUT2D eigenvalue weighted by atomic mass is 16.5. The molecule has 0 saturated carbocycles. The highest BCUT2D eigenvalue weighted by Gasteiger charge is 2.40. The summed E-state index contributed by atoms with van der Waals surface area (Å²) in [5.74, 6) is 2.10. The summed E-state index contributed by atoms with van der Waals surface area (Å²) < 4.78 is 8.17. The second-order valence-electron chi connectivity index (χ2n) is 9.70. The van der Waals surface area contributed by atoms with E-state index in [1.807, 2.05) is 6.33 Å². The Bertz CT molecular complexity index is 1340. The van der Waals surface area contributed by atoms with Gasteiger partial charge in [-0.05, 0) is 78.6 Å². The molecule has 1 aromatic heterocycles. The molecular weight excluding hydrogens is 406 g/mol. The molecule has 0 bridgehead atoms. The van der Waals surface area contributed by atoms with Crippen LogP contribution in [0, 0.1) is 19.8 Å². The first-order valence-electron chi connectivity index (χ1n) is 12.1. The number of anilines is 1. The lowest BCUT2D eigenvalue weighted by atomic mass is 9.81. The maximum atomic E-state index is 5.86. The smallest absolute Gasteiger partial charge is 0.142 e. The van der Waals surface area contributed by atoms with Gasteiger partial charge in [0.05, 0.1) is 30.2 Å².